The molecular weight excluding hydrogens is 129 g/mol. The summed E-state index contributed by atoms with van der Waals surface area (Å²) < 4.78 is 12.4. The Balaban J connectivity index is 2.95. The molecule has 2 N–H and O–H groups in total. The first-order valence-electron chi connectivity index (χ1n) is 2.97. The lowest BCUT2D eigenvalue weighted by Crippen LogP contribution is -1.78. The lowest BCUT2D eigenvalue weighted by atomic mass is 10.2. The Labute approximate surface area is 59.0 Å². The lowest BCUT2D eigenvalue weighted by Gasteiger charge is -1.90. The molecule has 0 unspecified atom stereocenters. The first-order chi connectivity index (χ1) is 4.83. The predicted molar refractivity (Wildman–Crippen MR) is 39.6 cm³/mol. The second-order valence-electron chi connectivity index (χ2n) is 1.91. The molecule has 0 fully saturated rings. The van der Waals surface area contributed by atoms with Crippen molar-refractivity contribution in [1.82, 2.24) is 0 Å². The van der Waals surface area contributed by atoms with Gasteiger partial charge in [0.05, 0.1) is 0 Å². The number of hydrogen-bond donors (Lipinski definition) is 1. The zero-order chi connectivity index (χ0) is 7.40. The van der Waals surface area contributed by atoms with Gasteiger partial charge in [0.2, 0.25) is 0 Å². The fourth-order valence-corrected chi connectivity index (χ4v) is 0.721. The fraction of sp³-hybridized carbons (Fsp3) is 0. The summed E-state index contributed by atoms with van der Waals surface area (Å²) in [5, 5.41) is 0. The second-order valence-corrected chi connectivity index (χ2v) is 1.91. The summed E-state index contributed by atoms with van der Waals surface area (Å²) in [7, 11) is 0. The molecule has 52 valence electrons. The van der Waals surface area contributed by atoms with Gasteiger partial charge >= 0.3 is 0 Å². The van der Waals surface area contributed by atoms with Crippen molar-refractivity contribution in [2.24, 2.45) is 5.73 Å². The van der Waals surface area contributed by atoms with Crippen LogP contribution in [0.2, 0.25) is 0 Å². The Morgan fingerprint density at radius 2 is 2.20 bits per heavy atom. The molecule has 1 aromatic rings. The minimum atomic E-state index is -0.240. The zero-order valence-electron chi connectivity index (χ0n) is 5.42. The maximum absolute atomic E-state index is 12.4. The third-order valence-electron chi connectivity index (χ3n) is 1.14. The molecule has 0 bridgehead atoms. The van der Waals surface area contributed by atoms with Crippen LogP contribution in [0, 0.1) is 5.82 Å². The average molecular weight is 137 g/mol. The van der Waals surface area contributed by atoms with Crippen molar-refractivity contribution in [1.29, 1.82) is 0 Å². The molecule has 0 saturated heterocycles. The van der Waals surface area contributed by atoms with E-state index < -0.39 is 0 Å². The molecule has 10 heavy (non-hydrogen) atoms. The molecule has 1 aromatic carbocycles. The van der Waals surface area contributed by atoms with Gasteiger partial charge in [0, 0.05) is 0 Å². The van der Waals surface area contributed by atoms with E-state index in [0.717, 1.165) is 5.56 Å². The fourth-order valence-electron chi connectivity index (χ4n) is 0.721. The molecule has 1 rings (SSSR count). The first kappa shape index (κ1) is 6.81. The highest BCUT2D eigenvalue weighted by atomic mass is 19.1. The summed E-state index contributed by atoms with van der Waals surface area (Å²) in [6, 6.07) is 6.24. The zero-order valence-corrected chi connectivity index (χ0v) is 5.42. The minimum absolute atomic E-state index is 0.240. The Hall–Kier alpha value is -1.31. The quantitative estimate of drug-likeness (QED) is 0.627. The maximum atomic E-state index is 12.4. The molecular formula is C8H8FN. The van der Waals surface area contributed by atoms with Gasteiger partial charge in [-0.1, -0.05) is 12.1 Å². The van der Waals surface area contributed by atoms with Crippen LogP contribution in [-0.2, 0) is 0 Å². The number of halogens is 1. The van der Waals surface area contributed by atoms with Crippen molar-refractivity contribution < 1.29 is 4.39 Å². The van der Waals surface area contributed by atoms with Crippen LogP contribution >= 0.6 is 0 Å². The third-order valence-corrected chi connectivity index (χ3v) is 1.14. The van der Waals surface area contributed by atoms with E-state index in [9.17, 15) is 4.39 Å². The van der Waals surface area contributed by atoms with E-state index in [0.29, 0.717) is 0 Å². The number of nitrogens with two attached hydrogens (primary N) is 1. The van der Waals surface area contributed by atoms with Gasteiger partial charge in [-0.05, 0) is 30.0 Å². The van der Waals surface area contributed by atoms with E-state index in [1.54, 1.807) is 18.2 Å². The van der Waals surface area contributed by atoms with E-state index >= 15 is 0 Å². The normalized spacial score (nSPS) is 10.5. The minimum Gasteiger partial charge on any atom is -0.405 e. The summed E-state index contributed by atoms with van der Waals surface area (Å²) >= 11 is 0. The van der Waals surface area contributed by atoms with Crippen molar-refractivity contribution >= 4 is 6.08 Å². The Morgan fingerprint density at radius 3 is 2.80 bits per heavy atom. The standard InChI is InChI=1S/C8H8FN/c9-8-3-1-2-7(6-8)4-5-10/h1-6H,10H2. The van der Waals surface area contributed by atoms with Crippen LogP contribution in [-0.4, -0.2) is 0 Å². The maximum Gasteiger partial charge on any atom is 0.123 e. The van der Waals surface area contributed by atoms with E-state index in [1.807, 2.05) is 0 Å². The smallest absolute Gasteiger partial charge is 0.123 e. The molecule has 1 nitrogen and oxygen atoms in total. The highest BCUT2D eigenvalue weighted by molar-refractivity contribution is 5.48. The van der Waals surface area contributed by atoms with E-state index in [2.05, 4.69) is 0 Å². The van der Waals surface area contributed by atoms with Crippen molar-refractivity contribution in [3.8, 4) is 0 Å². The van der Waals surface area contributed by atoms with Gasteiger partial charge < -0.3 is 5.73 Å². The van der Waals surface area contributed by atoms with Gasteiger partial charge in [-0.15, -0.1) is 0 Å². The number of rotatable bonds is 1. The first-order valence-corrected chi connectivity index (χ1v) is 2.97. The summed E-state index contributed by atoms with van der Waals surface area (Å²) in [6.45, 7) is 0. The topological polar surface area (TPSA) is 26.0 Å². The van der Waals surface area contributed by atoms with Gasteiger partial charge in [0.15, 0.2) is 0 Å². The SMILES string of the molecule is NC=Cc1cccc(F)c1. The van der Waals surface area contributed by atoms with Gasteiger partial charge in [-0.3, -0.25) is 0 Å². The van der Waals surface area contributed by atoms with Crippen LogP contribution in [0.5, 0.6) is 0 Å². The Kier molecular flexibility index (Phi) is 2.05. The van der Waals surface area contributed by atoms with Gasteiger partial charge in [0.25, 0.3) is 0 Å². The molecule has 0 atom stereocenters. The monoisotopic (exact) mass is 137 g/mol. The summed E-state index contributed by atoms with van der Waals surface area (Å²) in [5.41, 5.74) is 5.89. The van der Waals surface area contributed by atoms with Crippen LogP contribution < -0.4 is 5.73 Å². The van der Waals surface area contributed by atoms with E-state index in [1.165, 1.54) is 18.3 Å². The molecule has 0 aromatic heterocycles. The average Bonchev–Trinajstić information content (AvgIpc) is 1.88. The molecule has 0 aliphatic heterocycles. The van der Waals surface area contributed by atoms with E-state index in [4.69, 9.17) is 5.73 Å². The number of hydrogen-bond acceptors (Lipinski definition) is 1. The van der Waals surface area contributed by atoms with E-state index in [-0.39, 0.29) is 5.82 Å². The van der Waals surface area contributed by atoms with Crippen LogP contribution in [0.3, 0.4) is 0 Å². The largest absolute Gasteiger partial charge is 0.405 e. The van der Waals surface area contributed by atoms with Crippen molar-refractivity contribution in [3.63, 3.8) is 0 Å². The van der Waals surface area contributed by atoms with Gasteiger partial charge in [-0.25, -0.2) is 4.39 Å². The number of benzene rings is 1. The van der Waals surface area contributed by atoms with Gasteiger partial charge in [-0.2, -0.15) is 0 Å². The molecule has 0 heterocycles. The van der Waals surface area contributed by atoms with Crippen LogP contribution in [0.25, 0.3) is 6.08 Å². The summed E-state index contributed by atoms with van der Waals surface area (Å²) in [5.74, 6) is -0.240. The molecule has 0 saturated carbocycles. The van der Waals surface area contributed by atoms with Crippen LogP contribution in [0.1, 0.15) is 5.56 Å². The van der Waals surface area contributed by atoms with Crippen LogP contribution in [0.15, 0.2) is 30.5 Å². The Bertz CT molecular complexity index is 243. The third kappa shape index (κ3) is 1.58. The lowest BCUT2D eigenvalue weighted by molar-refractivity contribution is 0.627. The highest BCUT2D eigenvalue weighted by Crippen LogP contribution is 2.03. The van der Waals surface area contributed by atoms with Crippen molar-refractivity contribution in [3.05, 3.63) is 41.8 Å². The van der Waals surface area contributed by atoms with Crippen molar-refractivity contribution in [2.75, 3.05) is 0 Å². The summed E-state index contributed by atoms with van der Waals surface area (Å²) in [4.78, 5) is 0. The van der Waals surface area contributed by atoms with Crippen molar-refractivity contribution in [2.45, 2.75) is 0 Å². The summed E-state index contributed by atoms with van der Waals surface area (Å²) in [6.07, 6.45) is 3.03. The second kappa shape index (κ2) is 3.01. The van der Waals surface area contributed by atoms with Crippen LogP contribution in [0.4, 0.5) is 4.39 Å². The molecule has 0 amide bonds. The highest BCUT2D eigenvalue weighted by Gasteiger charge is 1.87. The molecule has 0 spiro atoms. The molecule has 0 aliphatic carbocycles. The van der Waals surface area contributed by atoms with Gasteiger partial charge in [0.1, 0.15) is 5.82 Å². The molecule has 2 heteroatoms. The molecule has 0 radical (unpaired) electrons. The Morgan fingerprint density at radius 1 is 1.40 bits per heavy atom. The molecule has 0 aliphatic rings. The predicted octanol–water partition coefficient (Wildman–Crippen LogP) is 1.76.